The van der Waals surface area contributed by atoms with Crippen LogP contribution in [-0.2, 0) is 4.74 Å². The van der Waals surface area contributed by atoms with Gasteiger partial charge in [0.1, 0.15) is 0 Å². The minimum atomic E-state index is -0.433. The molecule has 8 heteroatoms. The van der Waals surface area contributed by atoms with Gasteiger partial charge in [0.25, 0.3) is 5.91 Å². The number of hydrogen-bond acceptors (Lipinski definition) is 4. The Morgan fingerprint density at radius 3 is 2.70 bits per heavy atom. The van der Waals surface area contributed by atoms with Crippen molar-refractivity contribution in [2.45, 2.75) is 31.4 Å². The van der Waals surface area contributed by atoms with Crippen LogP contribution in [0.1, 0.15) is 41.2 Å². The highest BCUT2D eigenvalue weighted by molar-refractivity contribution is 6.35. The monoisotopic (exact) mass is 489 g/mol. The first-order valence-electron chi connectivity index (χ1n) is 11.3. The molecule has 2 atom stereocenters. The minimum absolute atomic E-state index is 0.0659. The van der Waals surface area contributed by atoms with Gasteiger partial charge >= 0.3 is 0 Å². The number of aliphatic hydroxyl groups excluding tert-OH is 1. The van der Waals surface area contributed by atoms with Crippen molar-refractivity contribution >= 4 is 40.0 Å². The minimum Gasteiger partial charge on any atom is -0.396 e. The third kappa shape index (κ3) is 5.89. The van der Waals surface area contributed by atoms with E-state index in [-0.39, 0.29) is 25.2 Å². The van der Waals surface area contributed by atoms with Gasteiger partial charge in [0.2, 0.25) is 0 Å². The quantitative estimate of drug-likeness (QED) is 0.350. The van der Waals surface area contributed by atoms with E-state index in [9.17, 15) is 9.90 Å². The molecule has 1 aromatic heterocycles. The molecule has 1 saturated heterocycles. The SMILES string of the molecule is O=C(NC(COC(CCO)C1CCNCC1)c1ccccc1Cl)c1ccc2c(Cl)c[nH]c2c1. The molecule has 0 saturated carbocycles. The zero-order valence-corrected chi connectivity index (χ0v) is 19.8. The maximum Gasteiger partial charge on any atom is 0.251 e. The fourth-order valence-electron chi connectivity index (χ4n) is 4.46. The first kappa shape index (κ1) is 24.0. The van der Waals surface area contributed by atoms with Crippen LogP contribution in [-0.4, -0.2) is 48.4 Å². The average Bonchev–Trinajstić information content (AvgIpc) is 3.21. The number of carbonyl (C=O) groups excluding carboxylic acids is 1. The second-order valence-corrected chi connectivity index (χ2v) is 9.23. The number of hydrogen-bond donors (Lipinski definition) is 4. The van der Waals surface area contributed by atoms with Crippen LogP contribution in [0.3, 0.4) is 0 Å². The Morgan fingerprint density at radius 1 is 1.15 bits per heavy atom. The van der Waals surface area contributed by atoms with Gasteiger partial charge in [0.05, 0.1) is 23.8 Å². The molecule has 2 unspecified atom stereocenters. The fourth-order valence-corrected chi connectivity index (χ4v) is 4.95. The van der Waals surface area contributed by atoms with E-state index in [1.54, 1.807) is 24.4 Å². The number of ether oxygens (including phenoxy) is 1. The van der Waals surface area contributed by atoms with E-state index in [0.29, 0.717) is 27.9 Å². The van der Waals surface area contributed by atoms with Crippen molar-refractivity contribution in [1.29, 1.82) is 0 Å². The lowest BCUT2D eigenvalue weighted by Gasteiger charge is -2.32. The number of halogens is 2. The molecule has 0 aliphatic carbocycles. The second kappa shape index (κ2) is 11.4. The standard InChI is InChI=1S/C25H29Cl2N3O3/c26-20-4-2-1-3-18(20)23(15-33-24(9-12-31)16-7-10-28-11-8-16)30-25(32)17-5-6-19-21(27)14-29-22(19)13-17/h1-6,13-14,16,23-24,28-29,31H,7-12,15H2,(H,30,32). The fraction of sp³-hybridized carbons (Fsp3) is 0.400. The maximum atomic E-state index is 13.2. The number of nitrogens with one attached hydrogen (secondary N) is 3. The second-order valence-electron chi connectivity index (χ2n) is 8.42. The summed E-state index contributed by atoms with van der Waals surface area (Å²) < 4.78 is 6.32. The Kier molecular flexibility index (Phi) is 8.28. The van der Waals surface area contributed by atoms with E-state index in [1.165, 1.54) is 0 Å². The predicted octanol–water partition coefficient (Wildman–Crippen LogP) is 4.71. The number of aliphatic hydroxyl groups is 1. The summed E-state index contributed by atoms with van der Waals surface area (Å²) in [5.41, 5.74) is 2.11. The normalized spacial score (nSPS) is 16.6. The van der Waals surface area contributed by atoms with Crippen molar-refractivity contribution < 1.29 is 14.6 Å². The number of rotatable bonds is 9. The summed E-state index contributed by atoms with van der Waals surface area (Å²) in [6.07, 6.45) is 4.21. The first-order chi connectivity index (χ1) is 16.1. The summed E-state index contributed by atoms with van der Waals surface area (Å²) in [5, 5.41) is 18.1. The number of piperidine rings is 1. The van der Waals surface area contributed by atoms with Crippen LogP contribution < -0.4 is 10.6 Å². The highest BCUT2D eigenvalue weighted by Gasteiger charge is 2.26. The molecule has 0 spiro atoms. The van der Waals surface area contributed by atoms with Gasteiger partial charge in [-0.15, -0.1) is 0 Å². The summed E-state index contributed by atoms with van der Waals surface area (Å²) >= 11 is 12.6. The first-order valence-corrected chi connectivity index (χ1v) is 12.1. The smallest absolute Gasteiger partial charge is 0.251 e. The van der Waals surface area contributed by atoms with Crippen LogP contribution in [0.4, 0.5) is 0 Å². The van der Waals surface area contributed by atoms with Gasteiger partial charge < -0.3 is 25.5 Å². The van der Waals surface area contributed by atoms with E-state index < -0.39 is 6.04 Å². The van der Waals surface area contributed by atoms with Gasteiger partial charge in [0.15, 0.2) is 0 Å². The van der Waals surface area contributed by atoms with E-state index >= 15 is 0 Å². The van der Waals surface area contributed by atoms with E-state index in [2.05, 4.69) is 15.6 Å². The van der Waals surface area contributed by atoms with Crippen LogP contribution in [0.25, 0.3) is 10.9 Å². The predicted molar refractivity (Wildman–Crippen MR) is 132 cm³/mol. The molecule has 2 aromatic carbocycles. The molecule has 33 heavy (non-hydrogen) atoms. The maximum absolute atomic E-state index is 13.2. The number of aromatic amines is 1. The molecule has 1 amide bonds. The third-order valence-corrected chi connectivity index (χ3v) is 6.94. The van der Waals surface area contributed by atoms with Crippen molar-refractivity contribution in [1.82, 2.24) is 15.6 Å². The van der Waals surface area contributed by atoms with E-state index in [0.717, 1.165) is 42.4 Å². The van der Waals surface area contributed by atoms with Crippen molar-refractivity contribution in [2.24, 2.45) is 5.92 Å². The van der Waals surface area contributed by atoms with Crippen molar-refractivity contribution in [3.63, 3.8) is 0 Å². The number of amides is 1. The van der Waals surface area contributed by atoms with Gasteiger partial charge in [-0.3, -0.25) is 4.79 Å². The Labute approximate surface area is 203 Å². The highest BCUT2D eigenvalue weighted by Crippen LogP contribution is 2.28. The van der Waals surface area contributed by atoms with Gasteiger partial charge in [0, 0.05) is 34.3 Å². The molecule has 3 aromatic rings. The Bertz CT molecular complexity index is 1080. The van der Waals surface area contributed by atoms with Gasteiger partial charge in [-0.2, -0.15) is 0 Å². The van der Waals surface area contributed by atoms with Crippen LogP contribution in [0.5, 0.6) is 0 Å². The van der Waals surface area contributed by atoms with Crippen LogP contribution >= 0.6 is 23.2 Å². The van der Waals surface area contributed by atoms with Crippen LogP contribution in [0.15, 0.2) is 48.7 Å². The topological polar surface area (TPSA) is 86.4 Å². The highest BCUT2D eigenvalue weighted by atomic mass is 35.5. The molecular weight excluding hydrogens is 461 g/mol. The lowest BCUT2D eigenvalue weighted by Crippen LogP contribution is -2.38. The van der Waals surface area contributed by atoms with Crippen LogP contribution in [0, 0.1) is 5.92 Å². The van der Waals surface area contributed by atoms with Gasteiger partial charge in [-0.1, -0.05) is 47.5 Å². The molecule has 0 radical (unpaired) electrons. The van der Waals surface area contributed by atoms with E-state index in [4.69, 9.17) is 27.9 Å². The Morgan fingerprint density at radius 2 is 1.94 bits per heavy atom. The molecule has 2 heterocycles. The lowest BCUT2D eigenvalue weighted by atomic mass is 9.90. The summed E-state index contributed by atoms with van der Waals surface area (Å²) in [6.45, 7) is 2.23. The lowest BCUT2D eigenvalue weighted by molar-refractivity contribution is -0.0206. The molecule has 1 aliphatic rings. The molecule has 1 aliphatic heterocycles. The summed E-state index contributed by atoms with van der Waals surface area (Å²) in [4.78, 5) is 16.2. The molecule has 1 fully saturated rings. The summed E-state index contributed by atoms with van der Waals surface area (Å²) in [5.74, 6) is 0.151. The third-order valence-electron chi connectivity index (χ3n) is 6.28. The number of carbonyl (C=O) groups is 1. The van der Waals surface area contributed by atoms with Crippen molar-refractivity contribution in [3.8, 4) is 0 Å². The Balaban J connectivity index is 1.52. The molecular formula is C25H29Cl2N3O3. The number of H-pyrrole nitrogens is 1. The van der Waals surface area contributed by atoms with Crippen molar-refractivity contribution in [2.75, 3.05) is 26.3 Å². The average molecular weight is 490 g/mol. The summed E-state index contributed by atoms with van der Waals surface area (Å²) in [7, 11) is 0. The molecule has 0 bridgehead atoms. The van der Waals surface area contributed by atoms with Crippen molar-refractivity contribution in [3.05, 3.63) is 69.8 Å². The molecule has 6 nitrogen and oxygen atoms in total. The number of fused-ring (bicyclic) bond motifs is 1. The Hall–Kier alpha value is -2.09. The van der Waals surface area contributed by atoms with Crippen LogP contribution in [0.2, 0.25) is 10.0 Å². The molecule has 4 N–H and O–H groups in total. The summed E-state index contributed by atoms with van der Waals surface area (Å²) in [6, 6.07) is 12.4. The zero-order chi connectivity index (χ0) is 23.2. The molecule has 176 valence electrons. The number of aromatic nitrogens is 1. The zero-order valence-electron chi connectivity index (χ0n) is 18.3. The van der Waals surface area contributed by atoms with Gasteiger partial charge in [-0.25, -0.2) is 0 Å². The van der Waals surface area contributed by atoms with Gasteiger partial charge in [-0.05, 0) is 62.0 Å². The number of benzene rings is 2. The van der Waals surface area contributed by atoms with E-state index in [1.807, 2.05) is 24.3 Å². The molecule has 4 rings (SSSR count). The largest absolute Gasteiger partial charge is 0.396 e.